The van der Waals surface area contributed by atoms with E-state index in [0.717, 1.165) is 32.6 Å². The van der Waals surface area contributed by atoms with Crippen LogP contribution in [0.3, 0.4) is 0 Å². The number of carboxylic acid groups (broad SMARTS) is 1. The zero-order valence-electron chi connectivity index (χ0n) is 16.9. The van der Waals surface area contributed by atoms with Gasteiger partial charge >= 0.3 is 5.97 Å². The SMILES string of the molecule is COc1ccc(-c2ccc(C(=O)NCCC(=O)O)nc2)c(CNc2ccc(Br)cc2)c1. The smallest absolute Gasteiger partial charge is 0.305 e. The molecule has 0 saturated carbocycles. The predicted molar refractivity (Wildman–Crippen MR) is 122 cm³/mol. The third kappa shape index (κ3) is 6.29. The van der Waals surface area contributed by atoms with Gasteiger partial charge in [-0.1, -0.05) is 28.1 Å². The number of carbonyl (C=O) groups is 2. The highest BCUT2D eigenvalue weighted by Crippen LogP contribution is 2.28. The second-order valence-electron chi connectivity index (χ2n) is 6.72. The lowest BCUT2D eigenvalue weighted by Crippen LogP contribution is -2.26. The quantitative estimate of drug-likeness (QED) is 0.418. The summed E-state index contributed by atoms with van der Waals surface area (Å²) in [5.41, 5.74) is 4.07. The van der Waals surface area contributed by atoms with Crippen LogP contribution in [-0.2, 0) is 11.3 Å². The lowest BCUT2D eigenvalue weighted by molar-refractivity contribution is -0.136. The van der Waals surface area contributed by atoms with Crippen LogP contribution in [0.4, 0.5) is 5.69 Å². The fourth-order valence-corrected chi connectivity index (χ4v) is 3.22. The van der Waals surface area contributed by atoms with Crippen LogP contribution in [0.5, 0.6) is 5.75 Å². The molecule has 3 rings (SSSR count). The van der Waals surface area contributed by atoms with E-state index in [1.165, 1.54) is 0 Å². The van der Waals surface area contributed by atoms with Gasteiger partial charge in [0.2, 0.25) is 0 Å². The monoisotopic (exact) mass is 483 g/mol. The first-order chi connectivity index (χ1) is 15.0. The van der Waals surface area contributed by atoms with Crippen molar-refractivity contribution in [3.63, 3.8) is 0 Å². The minimum absolute atomic E-state index is 0.0575. The summed E-state index contributed by atoms with van der Waals surface area (Å²) in [7, 11) is 1.63. The number of carbonyl (C=O) groups excluding carboxylic acids is 1. The second-order valence-corrected chi connectivity index (χ2v) is 7.63. The number of nitrogens with one attached hydrogen (secondary N) is 2. The van der Waals surface area contributed by atoms with Crippen molar-refractivity contribution < 1.29 is 19.4 Å². The van der Waals surface area contributed by atoms with Crippen molar-refractivity contribution in [1.29, 1.82) is 0 Å². The first kappa shape index (κ1) is 22.3. The second kappa shape index (κ2) is 10.6. The molecule has 0 saturated heterocycles. The summed E-state index contributed by atoms with van der Waals surface area (Å²) in [6, 6.07) is 17.2. The minimum Gasteiger partial charge on any atom is -0.497 e. The molecule has 1 heterocycles. The number of carboxylic acids is 1. The van der Waals surface area contributed by atoms with E-state index in [1.807, 2.05) is 48.5 Å². The first-order valence-corrected chi connectivity index (χ1v) is 10.4. The lowest BCUT2D eigenvalue weighted by Gasteiger charge is -2.14. The van der Waals surface area contributed by atoms with Crippen molar-refractivity contribution in [2.75, 3.05) is 19.0 Å². The topological polar surface area (TPSA) is 101 Å². The Hall–Kier alpha value is -3.39. The summed E-state index contributed by atoms with van der Waals surface area (Å²) >= 11 is 3.43. The number of rotatable bonds is 9. The number of ether oxygens (including phenoxy) is 1. The van der Waals surface area contributed by atoms with E-state index in [-0.39, 0.29) is 18.7 Å². The van der Waals surface area contributed by atoms with Gasteiger partial charge in [0.25, 0.3) is 5.91 Å². The highest BCUT2D eigenvalue weighted by atomic mass is 79.9. The number of aliphatic carboxylic acids is 1. The van der Waals surface area contributed by atoms with E-state index in [1.54, 1.807) is 19.4 Å². The van der Waals surface area contributed by atoms with Crippen molar-refractivity contribution in [3.8, 4) is 16.9 Å². The number of hydrogen-bond donors (Lipinski definition) is 3. The van der Waals surface area contributed by atoms with Gasteiger partial charge in [-0.25, -0.2) is 0 Å². The number of nitrogens with zero attached hydrogens (tertiary/aromatic N) is 1. The Labute approximate surface area is 188 Å². The van der Waals surface area contributed by atoms with Crippen LogP contribution in [0.25, 0.3) is 11.1 Å². The molecule has 3 N–H and O–H groups in total. The van der Waals surface area contributed by atoms with Crippen LogP contribution < -0.4 is 15.4 Å². The van der Waals surface area contributed by atoms with Crippen LogP contribution in [0.1, 0.15) is 22.5 Å². The van der Waals surface area contributed by atoms with Gasteiger partial charge < -0.3 is 20.5 Å². The average Bonchev–Trinajstić information content (AvgIpc) is 2.78. The normalized spacial score (nSPS) is 10.4. The lowest BCUT2D eigenvalue weighted by atomic mass is 10.00. The van der Waals surface area contributed by atoms with Gasteiger partial charge in [0.05, 0.1) is 13.5 Å². The Morgan fingerprint density at radius 3 is 2.52 bits per heavy atom. The molecule has 2 aromatic carbocycles. The van der Waals surface area contributed by atoms with Gasteiger partial charge in [0.1, 0.15) is 11.4 Å². The summed E-state index contributed by atoms with van der Waals surface area (Å²) in [5, 5.41) is 14.6. The average molecular weight is 484 g/mol. The number of amides is 1. The Morgan fingerprint density at radius 1 is 1.10 bits per heavy atom. The van der Waals surface area contributed by atoms with E-state index in [9.17, 15) is 9.59 Å². The highest BCUT2D eigenvalue weighted by Gasteiger charge is 2.11. The molecule has 0 aliphatic carbocycles. The van der Waals surface area contributed by atoms with Gasteiger partial charge in [0, 0.05) is 35.0 Å². The Balaban J connectivity index is 1.77. The van der Waals surface area contributed by atoms with Gasteiger partial charge in [0.15, 0.2) is 0 Å². The number of hydrogen-bond acceptors (Lipinski definition) is 5. The van der Waals surface area contributed by atoms with Crippen LogP contribution in [-0.4, -0.2) is 35.6 Å². The maximum absolute atomic E-state index is 12.1. The van der Waals surface area contributed by atoms with E-state index >= 15 is 0 Å². The van der Waals surface area contributed by atoms with Gasteiger partial charge in [-0.2, -0.15) is 0 Å². The highest BCUT2D eigenvalue weighted by molar-refractivity contribution is 9.10. The zero-order valence-corrected chi connectivity index (χ0v) is 18.5. The van der Waals surface area contributed by atoms with Gasteiger partial charge in [-0.3, -0.25) is 14.6 Å². The predicted octanol–water partition coefficient (Wildman–Crippen LogP) is 4.34. The van der Waals surface area contributed by atoms with Crippen molar-refractivity contribution in [2.24, 2.45) is 0 Å². The molecule has 0 radical (unpaired) electrons. The zero-order chi connectivity index (χ0) is 22.2. The molecular weight excluding hydrogens is 462 g/mol. The molecule has 0 unspecified atom stereocenters. The molecule has 0 atom stereocenters. The number of pyridine rings is 1. The summed E-state index contributed by atoms with van der Waals surface area (Å²) in [4.78, 5) is 26.9. The molecule has 160 valence electrons. The largest absolute Gasteiger partial charge is 0.497 e. The molecule has 7 nitrogen and oxygen atoms in total. The number of aromatic nitrogens is 1. The summed E-state index contributed by atoms with van der Waals surface area (Å²) in [6.45, 7) is 0.632. The van der Waals surface area contributed by atoms with E-state index in [0.29, 0.717) is 6.54 Å². The maximum atomic E-state index is 12.1. The Kier molecular flexibility index (Phi) is 7.61. The van der Waals surface area contributed by atoms with Crippen molar-refractivity contribution in [1.82, 2.24) is 10.3 Å². The Bertz CT molecular complexity index is 1050. The third-order valence-electron chi connectivity index (χ3n) is 4.57. The molecule has 0 fully saturated rings. The van der Waals surface area contributed by atoms with Crippen LogP contribution in [0, 0.1) is 0 Å². The van der Waals surface area contributed by atoms with Crippen molar-refractivity contribution in [3.05, 3.63) is 76.5 Å². The van der Waals surface area contributed by atoms with E-state index in [2.05, 4.69) is 31.5 Å². The van der Waals surface area contributed by atoms with Crippen molar-refractivity contribution in [2.45, 2.75) is 13.0 Å². The number of anilines is 1. The third-order valence-corrected chi connectivity index (χ3v) is 5.10. The fraction of sp³-hybridized carbons (Fsp3) is 0.174. The van der Waals surface area contributed by atoms with E-state index < -0.39 is 11.9 Å². The van der Waals surface area contributed by atoms with Crippen LogP contribution in [0.2, 0.25) is 0 Å². The summed E-state index contributed by atoms with van der Waals surface area (Å²) in [6.07, 6.45) is 1.50. The molecular formula is C23H22BrN3O4. The molecule has 1 amide bonds. The molecule has 31 heavy (non-hydrogen) atoms. The number of benzene rings is 2. The van der Waals surface area contributed by atoms with Gasteiger partial charge in [-0.15, -0.1) is 0 Å². The molecule has 3 aromatic rings. The molecule has 0 spiro atoms. The molecule has 0 bridgehead atoms. The van der Waals surface area contributed by atoms with Gasteiger partial charge in [-0.05, 0) is 53.6 Å². The Morgan fingerprint density at radius 2 is 1.87 bits per heavy atom. The van der Waals surface area contributed by atoms with Crippen LogP contribution in [0.15, 0.2) is 65.3 Å². The maximum Gasteiger partial charge on any atom is 0.305 e. The van der Waals surface area contributed by atoms with E-state index in [4.69, 9.17) is 9.84 Å². The molecule has 8 heteroatoms. The molecule has 0 aliphatic rings. The standard InChI is InChI=1S/C23H22BrN3O4/c1-31-19-7-8-20(16(12-19)14-26-18-5-3-17(24)4-6-18)15-2-9-21(27-13-15)23(30)25-11-10-22(28)29/h2-9,12-13,26H,10-11,14H2,1H3,(H,25,30)(H,28,29). The van der Waals surface area contributed by atoms with Crippen molar-refractivity contribution >= 4 is 33.5 Å². The summed E-state index contributed by atoms with van der Waals surface area (Å²) in [5.74, 6) is -0.620. The summed E-state index contributed by atoms with van der Waals surface area (Å²) < 4.78 is 6.39. The van der Waals surface area contributed by atoms with Crippen LogP contribution >= 0.6 is 15.9 Å². The number of methoxy groups -OCH3 is 1. The first-order valence-electron chi connectivity index (χ1n) is 9.59. The molecule has 1 aromatic heterocycles. The molecule has 0 aliphatic heterocycles. The number of halogens is 1. The fourth-order valence-electron chi connectivity index (χ4n) is 2.95. The minimum atomic E-state index is -0.965.